The monoisotopic (exact) mass is 416 g/mol. The zero-order valence-corrected chi connectivity index (χ0v) is 16.9. The van der Waals surface area contributed by atoms with Gasteiger partial charge in [-0.2, -0.15) is 0 Å². The van der Waals surface area contributed by atoms with E-state index in [1.165, 1.54) is 32.5 Å². The van der Waals surface area contributed by atoms with Crippen molar-refractivity contribution in [3.8, 4) is 0 Å². The van der Waals surface area contributed by atoms with Gasteiger partial charge in [0.1, 0.15) is 5.44 Å². The molecule has 0 saturated carbocycles. The van der Waals surface area contributed by atoms with Crippen LogP contribution in [0.15, 0.2) is 29.2 Å². The minimum Gasteiger partial charge on any atom is -0.456 e. The van der Waals surface area contributed by atoms with Crippen molar-refractivity contribution < 1.29 is 33.3 Å². The molecule has 0 radical (unpaired) electrons. The van der Waals surface area contributed by atoms with Crippen LogP contribution in [-0.4, -0.2) is 47.8 Å². The number of hydrogen-bond acceptors (Lipinski definition) is 8. The van der Waals surface area contributed by atoms with Crippen LogP contribution in [0, 0.1) is 0 Å². The number of hydrogen-bond donors (Lipinski definition) is 0. The quantitative estimate of drug-likeness (QED) is 0.534. The van der Waals surface area contributed by atoms with Gasteiger partial charge in [0.2, 0.25) is 0 Å². The molecule has 1 heterocycles. The molecule has 9 heteroatoms. The lowest BCUT2D eigenvalue weighted by Gasteiger charge is -2.43. The van der Waals surface area contributed by atoms with Crippen LogP contribution in [0.25, 0.3) is 0 Å². The minimum absolute atomic E-state index is 0.557. The number of halogens is 1. The van der Waals surface area contributed by atoms with Gasteiger partial charge in [0, 0.05) is 30.7 Å². The van der Waals surface area contributed by atoms with Crippen LogP contribution < -0.4 is 0 Å². The molecule has 0 aliphatic carbocycles. The Morgan fingerprint density at radius 3 is 1.89 bits per heavy atom. The van der Waals surface area contributed by atoms with Crippen LogP contribution in [0.2, 0.25) is 5.02 Å². The highest BCUT2D eigenvalue weighted by Crippen LogP contribution is 2.37. The molecule has 0 spiro atoms. The van der Waals surface area contributed by atoms with E-state index in [4.69, 9.17) is 30.5 Å². The third-order valence-electron chi connectivity index (χ3n) is 3.70. The lowest BCUT2D eigenvalue weighted by Crippen LogP contribution is -2.59. The van der Waals surface area contributed by atoms with Crippen molar-refractivity contribution in [1.82, 2.24) is 0 Å². The van der Waals surface area contributed by atoms with Gasteiger partial charge in [-0.1, -0.05) is 23.4 Å². The van der Waals surface area contributed by atoms with Gasteiger partial charge in [-0.3, -0.25) is 14.4 Å². The molecular weight excluding hydrogens is 396 g/mol. The number of benzene rings is 1. The molecule has 1 aromatic rings. The highest BCUT2D eigenvalue weighted by atomic mass is 35.5. The van der Waals surface area contributed by atoms with Crippen LogP contribution >= 0.6 is 23.4 Å². The first-order valence-corrected chi connectivity index (χ1v) is 9.52. The Hall–Kier alpha value is -1.77. The van der Waals surface area contributed by atoms with Gasteiger partial charge in [0.15, 0.2) is 18.3 Å². The van der Waals surface area contributed by atoms with Crippen molar-refractivity contribution in [3.05, 3.63) is 29.3 Å². The molecule has 27 heavy (non-hydrogen) atoms. The third kappa shape index (κ3) is 6.12. The maximum atomic E-state index is 11.6. The topological polar surface area (TPSA) is 88.1 Å². The van der Waals surface area contributed by atoms with Gasteiger partial charge in [0.05, 0.1) is 6.10 Å². The molecule has 1 fully saturated rings. The van der Waals surface area contributed by atoms with Crippen LogP contribution in [0.4, 0.5) is 0 Å². The van der Waals surface area contributed by atoms with Crippen LogP contribution in [0.1, 0.15) is 27.7 Å². The molecular formula is C18H21ClO7S. The molecule has 2 rings (SSSR count). The van der Waals surface area contributed by atoms with E-state index in [1.54, 1.807) is 31.2 Å². The molecule has 0 aromatic heterocycles. The largest absolute Gasteiger partial charge is 0.456 e. The normalized spacial score (nSPS) is 27.5. The number of thioether (sulfide) groups is 1. The van der Waals surface area contributed by atoms with E-state index in [1.807, 2.05) is 0 Å². The molecule has 1 aliphatic heterocycles. The van der Waals surface area contributed by atoms with E-state index in [-0.39, 0.29) is 0 Å². The third-order valence-corrected chi connectivity index (χ3v) is 5.11. The van der Waals surface area contributed by atoms with Gasteiger partial charge in [-0.15, -0.1) is 0 Å². The summed E-state index contributed by atoms with van der Waals surface area (Å²) in [4.78, 5) is 35.6. The molecule has 0 amide bonds. The Kier molecular flexibility index (Phi) is 7.52. The first-order chi connectivity index (χ1) is 12.7. The number of esters is 3. The van der Waals surface area contributed by atoms with Gasteiger partial charge in [-0.05, 0) is 31.2 Å². The first-order valence-electron chi connectivity index (χ1n) is 8.26. The zero-order valence-electron chi connectivity index (χ0n) is 15.3. The fourth-order valence-corrected chi connectivity index (χ4v) is 3.97. The van der Waals surface area contributed by atoms with Gasteiger partial charge < -0.3 is 18.9 Å². The number of ether oxygens (including phenoxy) is 4. The number of carbonyl (C=O) groups is 3. The fourth-order valence-electron chi connectivity index (χ4n) is 2.71. The Bertz CT molecular complexity index is 693. The van der Waals surface area contributed by atoms with Gasteiger partial charge in [0.25, 0.3) is 0 Å². The standard InChI is InChI=1S/C18H21ClO7S/c1-9-15(24-10(2)20)16(25-11(3)21)17(26-12(4)22)18(23-9)27-14-7-5-13(19)6-8-14/h5-9,15-18H,1-4H3/t9-,15?,16?,17-,18?/m0/s1. The second-order valence-electron chi connectivity index (χ2n) is 6.00. The first kappa shape index (κ1) is 21.5. The summed E-state index contributed by atoms with van der Waals surface area (Å²) in [6.45, 7) is 5.42. The van der Waals surface area contributed by atoms with Crippen molar-refractivity contribution >= 4 is 41.3 Å². The summed E-state index contributed by atoms with van der Waals surface area (Å²) in [5, 5.41) is 0.585. The Morgan fingerprint density at radius 1 is 0.889 bits per heavy atom. The van der Waals surface area contributed by atoms with Crippen molar-refractivity contribution in [2.75, 3.05) is 0 Å². The predicted molar refractivity (Wildman–Crippen MR) is 98.3 cm³/mol. The highest BCUT2D eigenvalue weighted by molar-refractivity contribution is 7.99. The summed E-state index contributed by atoms with van der Waals surface area (Å²) in [7, 11) is 0. The average Bonchev–Trinajstić information content (AvgIpc) is 2.55. The van der Waals surface area contributed by atoms with Crippen molar-refractivity contribution in [1.29, 1.82) is 0 Å². The van der Waals surface area contributed by atoms with Gasteiger partial charge in [-0.25, -0.2) is 0 Å². The molecule has 0 bridgehead atoms. The second kappa shape index (κ2) is 9.43. The predicted octanol–water partition coefficient (Wildman–Crippen LogP) is 2.97. The Morgan fingerprint density at radius 2 is 1.37 bits per heavy atom. The summed E-state index contributed by atoms with van der Waals surface area (Å²) < 4.78 is 22.0. The zero-order chi connectivity index (χ0) is 20.1. The molecule has 1 saturated heterocycles. The van der Waals surface area contributed by atoms with E-state index in [2.05, 4.69) is 0 Å². The minimum atomic E-state index is -0.996. The number of carbonyl (C=O) groups excluding carboxylic acids is 3. The average molecular weight is 417 g/mol. The maximum Gasteiger partial charge on any atom is 0.303 e. The molecule has 7 nitrogen and oxygen atoms in total. The molecule has 0 N–H and O–H groups in total. The Labute approximate surface area is 166 Å². The van der Waals surface area contributed by atoms with Gasteiger partial charge >= 0.3 is 17.9 Å². The van der Waals surface area contributed by atoms with E-state index in [9.17, 15) is 14.4 Å². The van der Waals surface area contributed by atoms with E-state index in [0.717, 1.165) is 4.90 Å². The van der Waals surface area contributed by atoms with Crippen LogP contribution in [0.5, 0.6) is 0 Å². The maximum absolute atomic E-state index is 11.6. The molecule has 1 aromatic carbocycles. The van der Waals surface area contributed by atoms with E-state index < -0.39 is 47.8 Å². The fraction of sp³-hybridized carbons (Fsp3) is 0.500. The summed E-state index contributed by atoms with van der Waals surface area (Å²) >= 11 is 7.20. The number of rotatable bonds is 5. The molecule has 3 unspecified atom stereocenters. The second-order valence-corrected chi connectivity index (χ2v) is 7.61. The molecule has 1 aliphatic rings. The van der Waals surface area contributed by atoms with E-state index in [0.29, 0.717) is 5.02 Å². The summed E-state index contributed by atoms with van der Waals surface area (Å²) in [6.07, 6.45) is -3.45. The van der Waals surface area contributed by atoms with Crippen molar-refractivity contribution in [3.63, 3.8) is 0 Å². The van der Waals surface area contributed by atoms with Crippen molar-refractivity contribution in [2.24, 2.45) is 0 Å². The van der Waals surface area contributed by atoms with E-state index >= 15 is 0 Å². The smallest absolute Gasteiger partial charge is 0.303 e. The van der Waals surface area contributed by atoms with Crippen molar-refractivity contribution in [2.45, 2.75) is 62.4 Å². The summed E-state index contributed by atoms with van der Waals surface area (Å²) in [5.74, 6) is -1.71. The SMILES string of the molecule is CC(=O)OC1C(OC(C)=O)[C@H](C)OC(Sc2ccc(Cl)cc2)[C@H]1OC(C)=O. The lowest BCUT2D eigenvalue weighted by atomic mass is 10.00. The highest BCUT2D eigenvalue weighted by Gasteiger charge is 2.50. The van der Waals surface area contributed by atoms with Crippen LogP contribution in [0.3, 0.4) is 0 Å². The molecule has 148 valence electrons. The van der Waals surface area contributed by atoms with Crippen LogP contribution in [-0.2, 0) is 33.3 Å². The summed E-state index contributed by atoms with van der Waals surface area (Å²) in [6, 6.07) is 7.04. The lowest BCUT2D eigenvalue weighted by molar-refractivity contribution is -0.229. The molecule has 5 atom stereocenters. The Balaban J connectivity index is 2.33. The summed E-state index contributed by atoms with van der Waals surface area (Å²) in [5.41, 5.74) is -0.679.